The third kappa shape index (κ3) is 11.9. The molecular formula is C40H51N3O6S2. The predicted molar refractivity (Wildman–Crippen MR) is 206 cm³/mol. The van der Waals surface area contributed by atoms with Gasteiger partial charge in [0.05, 0.1) is 11.6 Å². The third-order valence-corrected chi connectivity index (χ3v) is 11.7. The minimum Gasteiger partial charge on any atom is -0.507 e. The fourth-order valence-electron chi connectivity index (χ4n) is 6.36. The van der Waals surface area contributed by atoms with E-state index in [9.17, 15) is 19.5 Å². The number of phenolic OH excluding ortho intramolecular Hbond substituents is 1. The minimum atomic E-state index is -0.714. The molecule has 3 atom stereocenters. The molecule has 3 aromatic carbocycles. The molecule has 3 aromatic rings. The fraction of sp³-hybridized carbons (Fsp3) is 0.475. The molecule has 1 aliphatic carbocycles. The first-order valence-electron chi connectivity index (χ1n) is 17.9. The summed E-state index contributed by atoms with van der Waals surface area (Å²) in [4.78, 5) is 42.3. The van der Waals surface area contributed by atoms with Crippen molar-refractivity contribution in [2.45, 2.75) is 82.2 Å². The van der Waals surface area contributed by atoms with Gasteiger partial charge in [-0.15, -0.1) is 0 Å². The molecule has 51 heavy (non-hydrogen) atoms. The highest BCUT2D eigenvalue weighted by molar-refractivity contribution is 8.00. The Labute approximate surface area is 310 Å². The van der Waals surface area contributed by atoms with Gasteiger partial charge in [-0.3, -0.25) is 14.5 Å². The average molecular weight is 734 g/mol. The summed E-state index contributed by atoms with van der Waals surface area (Å²) in [5.74, 6) is 3.39. The van der Waals surface area contributed by atoms with Crippen LogP contribution in [0.1, 0.15) is 68.8 Å². The molecule has 0 spiro atoms. The van der Waals surface area contributed by atoms with Crippen LogP contribution in [0.25, 0.3) is 0 Å². The van der Waals surface area contributed by atoms with E-state index in [4.69, 9.17) is 9.47 Å². The lowest BCUT2D eigenvalue weighted by Gasteiger charge is -2.37. The van der Waals surface area contributed by atoms with E-state index in [-0.39, 0.29) is 29.0 Å². The molecule has 274 valence electrons. The van der Waals surface area contributed by atoms with Gasteiger partial charge in [-0.2, -0.15) is 23.5 Å². The third-order valence-electron chi connectivity index (χ3n) is 9.08. The van der Waals surface area contributed by atoms with Crippen LogP contribution in [0.4, 0.5) is 4.79 Å². The number of para-hydroxylation sites is 2. The number of hydrogen-bond acceptors (Lipinski definition) is 8. The standard InChI is InChI=1S/C40H51N3O6S2/c1-40(2,3)49-39(47)43-22-23-50-27-34(43)38(46)42-33(25-41-37(45)32-16-10-11-17-35(32)44)36(51-26-29-12-6-4-7-13-29)24-28-18-20-31(21-19-28)48-30-14-8-5-9-15-30/h5,8-11,14-21,29,33-34,36,44H,4,6-7,12-13,22-27H2,1-3H3,(H,41,45)(H,42,46)/t33?,34-,36?/m0/s1. The Hall–Kier alpha value is -3.83. The maximum Gasteiger partial charge on any atom is 0.411 e. The van der Waals surface area contributed by atoms with Gasteiger partial charge in [-0.1, -0.05) is 61.7 Å². The van der Waals surface area contributed by atoms with Crippen LogP contribution in [0.2, 0.25) is 0 Å². The number of ether oxygens (including phenoxy) is 2. The quantitative estimate of drug-likeness (QED) is 0.164. The van der Waals surface area contributed by atoms with Crippen LogP contribution in [-0.4, -0.2) is 81.2 Å². The number of thioether (sulfide) groups is 2. The smallest absolute Gasteiger partial charge is 0.411 e. The molecule has 0 aromatic heterocycles. The lowest BCUT2D eigenvalue weighted by Crippen LogP contribution is -2.59. The molecule has 2 unspecified atom stereocenters. The van der Waals surface area contributed by atoms with Gasteiger partial charge in [-0.25, -0.2) is 4.79 Å². The zero-order chi connectivity index (χ0) is 36.2. The highest BCUT2D eigenvalue weighted by Gasteiger charge is 2.37. The first kappa shape index (κ1) is 38.4. The normalized spacial score (nSPS) is 17.9. The van der Waals surface area contributed by atoms with E-state index >= 15 is 0 Å². The number of hydrogen-bond donors (Lipinski definition) is 3. The van der Waals surface area contributed by atoms with Crippen molar-refractivity contribution >= 4 is 41.4 Å². The molecule has 0 radical (unpaired) electrons. The second kappa shape index (κ2) is 18.6. The van der Waals surface area contributed by atoms with Crippen molar-refractivity contribution in [2.75, 3.05) is 30.3 Å². The molecule has 1 saturated heterocycles. The molecule has 0 bridgehead atoms. The predicted octanol–water partition coefficient (Wildman–Crippen LogP) is 7.68. The molecule has 11 heteroatoms. The Morgan fingerprint density at radius 2 is 1.63 bits per heavy atom. The zero-order valence-corrected chi connectivity index (χ0v) is 31.5. The number of carbonyl (C=O) groups is 3. The Bertz CT molecular complexity index is 1580. The summed E-state index contributed by atoms with van der Waals surface area (Å²) in [5, 5.41) is 16.6. The van der Waals surface area contributed by atoms with Crippen LogP contribution in [0.5, 0.6) is 17.2 Å². The topological polar surface area (TPSA) is 117 Å². The number of nitrogens with zero attached hydrogens (tertiary/aromatic N) is 1. The van der Waals surface area contributed by atoms with Crippen LogP contribution in [0.15, 0.2) is 78.9 Å². The summed E-state index contributed by atoms with van der Waals surface area (Å²) in [6.45, 7) is 6.00. The van der Waals surface area contributed by atoms with Gasteiger partial charge < -0.3 is 25.2 Å². The summed E-state index contributed by atoms with van der Waals surface area (Å²) >= 11 is 3.47. The molecule has 1 heterocycles. The van der Waals surface area contributed by atoms with Crippen molar-refractivity contribution in [3.63, 3.8) is 0 Å². The van der Waals surface area contributed by atoms with E-state index in [2.05, 4.69) is 10.6 Å². The molecule has 1 saturated carbocycles. The molecule has 1 aliphatic heterocycles. The second-order valence-electron chi connectivity index (χ2n) is 14.2. The van der Waals surface area contributed by atoms with Gasteiger partial charge in [0.25, 0.3) is 5.91 Å². The minimum absolute atomic E-state index is 0.104. The number of carbonyl (C=O) groups excluding carboxylic acids is 3. The van der Waals surface area contributed by atoms with Crippen LogP contribution in [0.3, 0.4) is 0 Å². The number of amides is 3. The zero-order valence-electron chi connectivity index (χ0n) is 29.8. The van der Waals surface area contributed by atoms with Crippen molar-refractivity contribution in [1.82, 2.24) is 15.5 Å². The van der Waals surface area contributed by atoms with Crippen LogP contribution in [-0.2, 0) is 16.0 Å². The van der Waals surface area contributed by atoms with Crippen molar-refractivity contribution in [1.29, 1.82) is 0 Å². The van der Waals surface area contributed by atoms with Gasteiger partial charge in [0.2, 0.25) is 5.91 Å². The molecule has 2 aliphatic rings. The monoisotopic (exact) mass is 733 g/mol. The van der Waals surface area contributed by atoms with E-state index in [1.54, 1.807) is 30.0 Å². The van der Waals surface area contributed by atoms with Crippen molar-refractivity contribution < 1.29 is 29.0 Å². The molecule has 3 N–H and O–H groups in total. The van der Waals surface area contributed by atoms with Crippen LogP contribution >= 0.6 is 23.5 Å². The van der Waals surface area contributed by atoms with Gasteiger partial charge >= 0.3 is 6.09 Å². The number of aromatic hydroxyl groups is 1. The van der Waals surface area contributed by atoms with Crippen LogP contribution < -0.4 is 15.4 Å². The Balaban J connectivity index is 1.39. The van der Waals surface area contributed by atoms with Crippen molar-refractivity contribution in [3.8, 4) is 17.2 Å². The average Bonchev–Trinajstić information content (AvgIpc) is 3.12. The van der Waals surface area contributed by atoms with Gasteiger partial charge in [0.15, 0.2) is 0 Å². The van der Waals surface area contributed by atoms with E-state index < -0.39 is 29.7 Å². The molecule has 3 amide bonds. The first-order chi connectivity index (χ1) is 24.6. The van der Waals surface area contributed by atoms with E-state index in [1.807, 2.05) is 87.1 Å². The first-order valence-corrected chi connectivity index (χ1v) is 20.1. The fourth-order valence-corrected chi connectivity index (χ4v) is 8.97. The highest BCUT2D eigenvalue weighted by atomic mass is 32.2. The van der Waals surface area contributed by atoms with E-state index in [1.165, 1.54) is 43.1 Å². The second-order valence-corrected chi connectivity index (χ2v) is 16.7. The maximum atomic E-state index is 14.2. The summed E-state index contributed by atoms with van der Waals surface area (Å²) in [5.41, 5.74) is 0.551. The number of benzene rings is 3. The summed E-state index contributed by atoms with van der Waals surface area (Å²) in [7, 11) is 0. The van der Waals surface area contributed by atoms with Gasteiger partial charge in [0.1, 0.15) is 28.9 Å². The summed E-state index contributed by atoms with van der Waals surface area (Å²) in [6, 6.07) is 22.9. The van der Waals surface area contributed by atoms with Gasteiger partial charge in [0, 0.05) is 29.8 Å². The molecule has 2 fully saturated rings. The summed E-state index contributed by atoms with van der Waals surface area (Å²) < 4.78 is 11.7. The largest absolute Gasteiger partial charge is 0.507 e. The van der Waals surface area contributed by atoms with Gasteiger partial charge in [-0.05, 0) is 93.7 Å². The van der Waals surface area contributed by atoms with Crippen LogP contribution in [0, 0.1) is 5.92 Å². The molecule has 5 rings (SSSR count). The summed E-state index contributed by atoms with van der Waals surface area (Å²) in [6.07, 6.45) is 6.24. The Morgan fingerprint density at radius 3 is 2.33 bits per heavy atom. The SMILES string of the molecule is CC(C)(C)OC(=O)N1CCSC[C@H]1C(=O)NC(CNC(=O)c1ccccc1O)C(Cc1ccc(Oc2ccccc2)cc1)SCC1CCCCC1. The van der Waals surface area contributed by atoms with E-state index in [0.717, 1.165) is 22.8 Å². The molecule has 9 nitrogen and oxygen atoms in total. The number of rotatable bonds is 13. The molecular weight excluding hydrogens is 683 g/mol. The Morgan fingerprint density at radius 1 is 0.941 bits per heavy atom. The van der Waals surface area contributed by atoms with Crippen molar-refractivity contribution in [3.05, 3.63) is 90.0 Å². The van der Waals surface area contributed by atoms with Crippen molar-refractivity contribution in [2.24, 2.45) is 5.92 Å². The maximum absolute atomic E-state index is 14.2. The lowest BCUT2D eigenvalue weighted by molar-refractivity contribution is -0.126. The Kier molecular flexibility index (Phi) is 14.0. The highest BCUT2D eigenvalue weighted by Crippen LogP contribution is 2.32. The lowest BCUT2D eigenvalue weighted by atomic mass is 9.91. The number of nitrogens with one attached hydrogen (secondary N) is 2. The number of phenols is 1. The van der Waals surface area contributed by atoms with E-state index in [0.29, 0.717) is 30.4 Å².